The van der Waals surface area contributed by atoms with Crippen molar-refractivity contribution in [1.82, 2.24) is 5.32 Å². The molecule has 108 valence electrons. The van der Waals surface area contributed by atoms with E-state index in [2.05, 4.69) is 22.3 Å². The highest BCUT2D eigenvalue weighted by Gasteiger charge is 2.21. The largest absolute Gasteiger partial charge is 0.389 e. The van der Waals surface area contributed by atoms with Crippen LogP contribution in [0.2, 0.25) is 0 Å². The highest BCUT2D eigenvalue weighted by molar-refractivity contribution is 7.80. The monoisotopic (exact) mass is 291 g/mol. The minimum absolute atomic E-state index is 0.0441. The number of thiocarbonyl (C=S) groups is 1. The SMILES string of the molecule is CC(=O)NC1CCN(c2ccc(C)cc2C(N)=S)CC1. The third-order valence-corrected chi connectivity index (χ3v) is 3.88. The zero-order valence-corrected chi connectivity index (χ0v) is 12.8. The number of nitrogens with one attached hydrogen (secondary N) is 1. The molecule has 0 atom stereocenters. The first-order valence-electron chi connectivity index (χ1n) is 6.90. The van der Waals surface area contributed by atoms with Gasteiger partial charge in [-0.1, -0.05) is 23.8 Å². The summed E-state index contributed by atoms with van der Waals surface area (Å²) in [5.41, 5.74) is 9.03. The fourth-order valence-electron chi connectivity index (χ4n) is 2.68. The molecule has 0 aliphatic carbocycles. The standard InChI is InChI=1S/C15H21N3OS/c1-10-3-4-14(13(9-10)15(16)20)18-7-5-12(6-8-18)17-11(2)19/h3-4,9,12H,5-8H2,1-2H3,(H2,16,20)(H,17,19). The maximum atomic E-state index is 11.1. The molecule has 0 saturated carbocycles. The molecule has 0 radical (unpaired) electrons. The fourth-order valence-corrected chi connectivity index (χ4v) is 2.84. The van der Waals surface area contributed by atoms with E-state index in [0.717, 1.165) is 42.7 Å². The number of piperidine rings is 1. The van der Waals surface area contributed by atoms with Gasteiger partial charge in [0.25, 0.3) is 0 Å². The first kappa shape index (κ1) is 14.8. The molecule has 1 saturated heterocycles. The van der Waals surface area contributed by atoms with Crippen molar-refractivity contribution in [2.75, 3.05) is 18.0 Å². The lowest BCUT2D eigenvalue weighted by atomic mass is 10.0. The van der Waals surface area contributed by atoms with Gasteiger partial charge in [-0.25, -0.2) is 0 Å². The van der Waals surface area contributed by atoms with Gasteiger partial charge in [-0.2, -0.15) is 0 Å². The highest BCUT2D eigenvalue weighted by Crippen LogP contribution is 2.25. The van der Waals surface area contributed by atoms with Gasteiger partial charge in [-0.3, -0.25) is 4.79 Å². The molecule has 0 bridgehead atoms. The second-order valence-corrected chi connectivity index (χ2v) is 5.79. The van der Waals surface area contributed by atoms with E-state index in [9.17, 15) is 4.79 Å². The summed E-state index contributed by atoms with van der Waals surface area (Å²) in [6.07, 6.45) is 1.90. The van der Waals surface area contributed by atoms with Crippen molar-refractivity contribution in [3.8, 4) is 0 Å². The molecule has 1 aliphatic rings. The van der Waals surface area contributed by atoms with Crippen LogP contribution in [0.1, 0.15) is 30.9 Å². The summed E-state index contributed by atoms with van der Waals surface area (Å²) in [4.78, 5) is 13.8. The van der Waals surface area contributed by atoms with Gasteiger partial charge in [0.2, 0.25) is 5.91 Å². The molecule has 1 aromatic carbocycles. The summed E-state index contributed by atoms with van der Waals surface area (Å²) in [5.74, 6) is 0.0441. The number of hydrogen-bond donors (Lipinski definition) is 2. The lowest BCUT2D eigenvalue weighted by molar-refractivity contribution is -0.119. The van der Waals surface area contributed by atoms with Crippen molar-refractivity contribution in [3.05, 3.63) is 29.3 Å². The van der Waals surface area contributed by atoms with Crippen LogP contribution in [0.3, 0.4) is 0 Å². The van der Waals surface area contributed by atoms with Crippen LogP contribution in [0.25, 0.3) is 0 Å². The lowest BCUT2D eigenvalue weighted by Gasteiger charge is -2.35. The summed E-state index contributed by atoms with van der Waals surface area (Å²) in [6.45, 7) is 5.42. The molecule has 0 aromatic heterocycles. The summed E-state index contributed by atoms with van der Waals surface area (Å²) in [5, 5.41) is 2.98. The minimum Gasteiger partial charge on any atom is -0.389 e. The van der Waals surface area contributed by atoms with Crippen molar-refractivity contribution >= 4 is 28.8 Å². The first-order valence-corrected chi connectivity index (χ1v) is 7.30. The molecule has 20 heavy (non-hydrogen) atoms. The van der Waals surface area contributed by atoms with Crippen molar-refractivity contribution in [2.45, 2.75) is 32.7 Å². The van der Waals surface area contributed by atoms with Gasteiger partial charge in [0.05, 0.1) is 0 Å². The van der Waals surface area contributed by atoms with E-state index in [1.165, 1.54) is 0 Å². The van der Waals surface area contributed by atoms with Crippen LogP contribution in [-0.2, 0) is 4.79 Å². The lowest BCUT2D eigenvalue weighted by Crippen LogP contribution is -2.44. The quantitative estimate of drug-likeness (QED) is 0.833. The molecular weight excluding hydrogens is 270 g/mol. The van der Waals surface area contributed by atoms with Gasteiger partial charge in [0.1, 0.15) is 4.99 Å². The Hall–Kier alpha value is -1.62. The van der Waals surface area contributed by atoms with Crippen molar-refractivity contribution in [3.63, 3.8) is 0 Å². The molecule has 2 rings (SSSR count). The Morgan fingerprint density at radius 2 is 2.05 bits per heavy atom. The number of benzene rings is 1. The van der Waals surface area contributed by atoms with E-state index >= 15 is 0 Å². The van der Waals surface area contributed by atoms with Gasteiger partial charge in [-0.15, -0.1) is 0 Å². The predicted molar refractivity (Wildman–Crippen MR) is 86.1 cm³/mol. The maximum absolute atomic E-state index is 11.1. The molecule has 4 nitrogen and oxygen atoms in total. The number of anilines is 1. The number of rotatable bonds is 3. The topological polar surface area (TPSA) is 58.4 Å². The molecule has 1 fully saturated rings. The van der Waals surface area contributed by atoms with Gasteiger partial charge in [0, 0.05) is 37.3 Å². The zero-order valence-electron chi connectivity index (χ0n) is 12.0. The summed E-state index contributed by atoms with van der Waals surface area (Å²) < 4.78 is 0. The number of carbonyl (C=O) groups excluding carboxylic acids is 1. The van der Waals surface area contributed by atoms with Gasteiger partial charge >= 0.3 is 0 Å². The summed E-state index contributed by atoms with van der Waals surface area (Å²) in [6, 6.07) is 6.49. The van der Waals surface area contributed by atoms with E-state index in [-0.39, 0.29) is 11.9 Å². The van der Waals surface area contributed by atoms with Gasteiger partial charge < -0.3 is 16.0 Å². The average Bonchev–Trinajstić information content (AvgIpc) is 2.39. The Morgan fingerprint density at radius 3 is 2.60 bits per heavy atom. The first-order chi connectivity index (χ1) is 9.47. The fraction of sp³-hybridized carbons (Fsp3) is 0.467. The van der Waals surface area contributed by atoms with Crippen LogP contribution >= 0.6 is 12.2 Å². The van der Waals surface area contributed by atoms with E-state index in [4.69, 9.17) is 18.0 Å². The van der Waals surface area contributed by atoms with E-state index in [0.29, 0.717) is 4.99 Å². The number of hydrogen-bond acceptors (Lipinski definition) is 3. The van der Waals surface area contributed by atoms with Crippen molar-refractivity contribution in [2.24, 2.45) is 5.73 Å². The minimum atomic E-state index is 0.0441. The maximum Gasteiger partial charge on any atom is 0.217 e. The van der Waals surface area contributed by atoms with Crippen molar-refractivity contribution < 1.29 is 4.79 Å². The van der Waals surface area contributed by atoms with Crippen molar-refractivity contribution in [1.29, 1.82) is 0 Å². The number of aryl methyl sites for hydroxylation is 1. The average molecular weight is 291 g/mol. The second kappa shape index (κ2) is 6.22. The molecule has 5 heteroatoms. The number of amides is 1. The Balaban J connectivity index is 2.11. The highest BCUT2D eigenvalue weighted by atomic mass is 32.1. The van der Waals surface area contributed by atoms with Crippen LogP contribution in [0.4, 0.5) is 5.69 Å². The Bertz CT molecular complexity index is 522. The zero-order chi connectivity index (χ0) is 14.7. The predicted octanol–water partition coefficient (Wildman–Crippen LogP) is 1.73. The Morgan fingerprint density at radius 1 is 1.40 bits per heavy atom. The van der Waals surface area contributed by atoms with Gasteiger partial charge in [-0.05, 0) is 31.9 Å². The number of nitrogens with two attached hydrogens (primary N) is 1. The molecule has 1 heterocycles. The molecule has 1 aliphatic heterocycles. The van der Waals surface area contributed by atoms with Crippen LogP contribution in [0.15, 0.2) is 18.2 Å². The van der Waals surface area contributed by atoms with E-state index in [1.54, 1.807) is 6.92 Å². The molecule has 1 aromatic rings. The van der Waals surface area contributed by atoms with E-state index < -0.39 is 0 Å². The smallest absolute Gasteiger partial charge is 0.217 e. The summed E-state index contributed by atoms with van der Waals surface area (Å²) in [7, 11) is 0. The molecular formula is C15H21N3OS. The molecule has 0 spiro atoms. The number of nitrogens with zero attached hydrogens (tertiary/aromatic N) is 1. The molecule has 0 unspecified atom stereocenters. The third kappa shape index (κ3) is 3.48. The Labute approximate surface area is 125 Å². The third-order valence-electron chi connectivity index (χ3n) is 3.66. The second-order valence-electron chi connectivity index (χ2n) is 5.35. The van der Waals surface area contributed by atoms with Crippen LogP contribution in [0, 0.1) is 6.92 Å². The molecule has 1 amide bonds. The van der Waals surface area contributed by atoms with Gasteiger partial charge in [0.15, 0.2) is 0 Å². The van der Waals surface area contributed by atoms with Crippen LogP contribution in [-0.4, -0.2) is 30.0 Å². The normalized spacial score (nSPS) is 16.0. The summed E-state index contributed by atoms with van der Waals surface area (Å²) >= 11 is 5.15. The molecule has 3 N–H and O–H groups in total. The Kier molecular flexibility index (Phi) is 4.60. The van der Waals surface area contributed by atoms with E-state index in [1.807, 2.05) is 13.0 Å². The number of carbonyl (C=O) groups is 1. The van der Waals surface area contributed by atoms with Crippen LogP contribution in [0.5, 0.6) is 0 Å². The van der Waals surface area contributed by atoms with Crippen LogP contribution < -0.4 is 16.0 Å².